The number of furan rings is 1. The number of rotatable bonds is 5. The molecular formula is C52H32N2OS. The van der Waals surface area contributed by atoms with Gasteiger partial charge < -0.3 is 13.9 Å². The standard InChI is InChI=1S/C52H32N2OS/c1-2-12-36(13-3-1)54-47-31-35(24-28-40(47)44-29-23-34-11-4-5-14-39(34)51(44)54)33-21-25-37(26-22-33)53(38-27-30-42-41-15-6-8-19-48(41)55-49(42)32-38)46-18-10-17-45-43-16-7-9-20-50(43)56-52(45)46/h1-32H. The average molecular weight is 733 g/mol. The second-order valence-corrected chi connectivity index (χ2v) is 15.6. The smallest absolute Gasteiger partial charge is 0.137 e. The summed E-state index contributed by atoms with van der Waals surface area (Å²) in [6.45, 7) is 0. The van der Waals surface area contributed by atoms with Gasteiger partial charge in [0, 0.05) is 65.5 Å². The summed E-state index contributed by atoms with van der Waals surface area (Å²) in [5.41, 5.74) is 11.0. The second kappa shape index (κ2) is 12.2. The fraction of sp³-hybridized carbons (Fsp3) is 0. The maximum Gasteiger partial charge on any atom is 0.137 e. The molecule has 0 aliphatic rings. The quantitative estimate of drug-likeness (QED) is 0.176. The Labute approximate surface area is 326 Å². The van der Waals surface area contributed by atoms with Crippen LogP contribution in [0.3, 0.4) is 0 Å². The molecular weight excluding hydrogens is 701 g/mol. The maximum absolute atomic E-state index is 6.42. The molecule has 12 rings (SSSR count). The Morgan fingerprint density at radius 3 is 2.00 bits per heavy atom. The van der Waals surface area contributed by atoms with E-state index in [0.29, 0.717) is 0 Å². The number of anilines is 3. The highest BCUT2D eigenvalue weighted by atomic mass is 32.1. The van der Waals surface area contributed by atoms with Crippen molar-refractivity contribution in [3.05, 3.63) is 194 Å². The van der Waals surface area contributed by atoms with E-state index in [2.05, 4.69) is 191 Å². The van der Waals surface area contributed by atoms with Crippen LogP contribution in [-0.4, -0.2) is 4.57 Å². The summed E-state index contributed by atoms with van der Waals surface area (Å²) in [6.07, 6.45) is 0. The van der Waals surface area contributed by atoms with Gasteiger partial charge in [0.15, 0.2) is 0 Å². The summed E-state index contributed by atoms with van der Waals surface area (Å²) in [5.74, 6) is 0. The highest BCUT2D eigenvalue weighted by molar-refractivity contribution is 7.26. The molecule has 3 aromatic heterocycles. The number of benzene rings is 9. The largest absolute Gasteiger partial charge is 0.456 e. The predicted molar refractivity (Wildman–Crippen MR) is 239 cm³/mol. The van der Waals surface area contributed by atoms with E-state index in [0.717, 1.165) is 50.3 Å². The molecule has 9 aromatic carbocycles. The van der Waals surface area contributed by atoms with Crippen LogP contribution in [-0.2, 0) is 0 Å². The lowest BCUT2D eigenvalue weighted by molar-refractivity contribution is 0.669. The number of hydrogen-bond donors (Lipinski definition) is 0. The molecule has 0 aliphatic carbocycles. The van der Waals surface area contributed by atoms with Crippen LogP contribution >= 0.6 is 11.3 Å². The van der Waals surface area contributed by atoms with Crippen molar-refractivity contribution in [2.24, 2.45) is 0 Å². The zero-order chi connectivity index (χ0) is 36.7. The Morgan fingerprint density at radius 1 is 0.429 bits per heavy atom. The van der Waals surface area contributed by atoms with E-state index >= 15 is 0 Å². The van der Waals surface area contributed by atoms with Crippen molar-refractivity contribution in [1.29, 1.82) is 0 Å². The van der Waals surface area contributed by atoms with E-state index in [-0.39, 0.29) is 0 Å². The molecule has 56 heavy (non-hydrogen) atoms. The highest BCUT2D eigenvalue weighted by Gasteiger charge is 2.21. The summed E-state index contributed by atoms with van der Waals surface area (Å²) in [6, 6.07) is 70.2. The van der Waals surface area contributed by atoms with Gasteiger partial charge in [0.25, 0.3) is 0 Å². The zero-order valence-electron chi connectivity index (χ0n) is 30.2. The number of hydrogen-bond acceptors (Lipinski definition) is 3. The molecule has 0 amide bonds. The van der Waals surface area contributed by atoms with Gasteiger partial charge in [-0.05, 0) is 77.2 Å². The first-order valence-electron chi connectivity index (χ1n) is 19.0. The third-order valence-corrected chi connectivity index (χ3v) is 12.6. The number of thiophene rings is 1. The minimum absolute atomic E-state index is 0.878. The van der Waals surface area contributed by atoms with E-state index in [1.807, 2.05) is 23.5 Å². The summed E-state index contributed by atoms with van der Waals surface area (Å²) in [4.78, 5) is 2.38. The van der Waals surface area contributed by atoms with Crippen LogP contribution in [0.4, 0.5) is 17.1 Å². The Morgan fingerprint density at radius 2 is 1.11 bits per heavy atom. The van der Waals surface area contributed by atoms with Crippen LogP contribution in [0.15, 0.2) is 199 Å². The molecule has 0 fully saturated rings. The lowest BCUT2D eigenvalue weighted by Gasteiger charge is -2.26. The van der Waals surface area contributed by atoms with E-state index in [9.17, 15) is 0 Å². The van der Waals surface area contributed by atoms with Gasteiger partial charge in [0.05, 0.1) is 21.4 Å². The first-order chi connectivity index (χ1) is 27.8. The van der Waals surface area contributed by atoms with Crippen molar-refractivity contribution in [1.82, 2.24) is 4.57 Å². The first kappa shape index (κ1) is 31.2. The van der Waals surface area contributed by atoms with Gasteiger partial charge in [0.1, 0.15) is 11.2 Å². The molecule has 0 spiro atoms. The summed E-state index contributed by atoms with van der Waals surface area (Å²) in [5, 5.41) is 9.81. The van der Waals surface area contributed by atoms with Gasteiger partial charge in [-0.25, -0.2) is 0 Å². The van der Waals surface area contributed by atoms with Gasteiger partial charge in [-0.15, -0.1) is 11.3 Å². The van der Waals surface area contributed by atoms with Crippen molar-refractivity contribution in [2.45, 2.75) is 0 Å². The third-order valence-electron chi connectivity index (χ3n) is 11.4. The lowest BCUT2D eigenvalue weighted by atomic mass is 10.0. The van der Waals surface area contributed by atoms with Crippen LogP contribution in [0.1, 0.15) is 0 Å². The van der Waals surface area contributed by atoms with Crippen molar-refractivity contribution >= 4 is 103 Å². The van der Waals surface area contributed by atoms with Crippen molar-refractivity contribution in [3.8, 4) is 16.8 Å². The van der Waals surface area contributed by atoms with Gasteiger partial charge in [0.2, 0.25) is 0 Å². The summed E-state index contributed by atoms with van der Waals surface area (Å²) in [7, 11) is 0. The van der Waals surface area contributed by atoms with E-state index in [4.69, 9.17) is 4.42 Å². The molecule has 0 unspecified atom stereocenters. The Balaban J connectivity index is 1.03. The molecule has 0 saturated heterocycles. The molecule has 0 atom stereocenters. The van der Waals surface area contributed by atoms with Gasteiger partial charge in [-0.1, -0.05) is 127 Å². The van der Waals surface area contributed by atoms with Crippen LogP contribution in [0.5, 0.6) is 0 Å². The van der Waals surface area contributed by atoms with Crippen LogP contribution < -0.4 is 4.90 Å². The Bertz CT molecular complexity index is 3480. The fourth-order valence-corrected chi connectivity index (χ4v) is 10.0. The minimum Gasteiger partial charge on any atom is -0.456 e. The molecule has 262 valence electrons. The van der Waals surface area contributed by atoms with Crippen LogP contribution in [0.2, 0.25) is 0 Å². The molecule has 12 aromatic rings. The number of nitrogens with zero attached hydrogens (tertiary/aromatic N) is 2. The first-order valence-corrected chi connectivity index (χ1v) is 19.8. The van der Waals surface area contributed by atoms with Gasteiger partial charge >= 0.3 is 0 Å². The Kier molecular flexibility index (Phi) is 6.80. The van der Waals surface area contributed by atoms with E-state index < -0.39 is 0 Å². The van der Waals surface area contributed by atoms with E-state index in [1.165, 1.54) is 58.3 Å². The number of aromatic nitrogens is 1. The molecule has 0 saturated carbocycles. The summed E-state index contributed by atoms with van der Waals surface area (Å²) < 4.78 is 11.4. The van der Waals surface area contributed by atoms with E-state index in [1.54, 1.807) is 0 Å². The van der Waals surface area contributed by atoms with Gasteiger partial charge in [-0.2, -0.15) is 0 Å². The molecule has 4 heteroatoms. The molecule has 3 heterocycles. The van der Waals surface area contributed by atoms with Gasteiger partial charge in [-0.3, -0.25) is 0 Å². The normalized spacial score (nSPS) is 11.9. The predicted octanol–water partition coefficient (Wildman–Crippen LogP) is 15.3. The van der Waals surface area contributed by atoms with Crippen molar-refractivity contribution < 1.29 is 4.42 Å². The van der Waals surface area contributed by atoms with Crippen LogP contribution in [0.25, 0.3) is 91.5 Å². The fourth-order valence-electron chi connectivity index (χ4n) is 8.80. The van der Waals surface area contributed by atoms with Crippen molar-refractivity contribution in [3.63, 3.8) is 0 Å². The average Bonchev–Trinajstić information content (AvgIpc) is 3.94. The molecule has 0 radical (unpaired) electrons. The lowest BCUT2D eigenvalue weighted by Crippen LogP contribution is -2.10. The zero-order valence-corrected chi connectivity index (χ0v) is 31.0. The SMILES string of the molecule is c1ccc(-n2c3cc(-c4ccc(N(c5ccc6c(c5)oc5ccccc56)c5cccc6c5sc5ccccc56)cc4)ccc3c3ccc4ccccc4c32)cc1. The number of fused-ring (bicyclic) bond motifs is 11. The van der Waals surface area contributed by atoms with Crippen LogP contribution in [0, 0.1) is 0 Å². The molecule has 0 N–H and O–H groups in total. The molecule has 3 nitrogen and oxygen atoms in total. The summed E-state index contributed by atoms with van der Waals surface area (Å²) >= 11 is 1.85. The Hall–Kier alpha value is -7.14. The minimum atomic E-state index is 0.878. The second-order valence-electron chi connectivity index (χ2n) is 14.5. The monoisotopic (exact) mass is 732 g/mol. The third kappa shape index (κ3) is 4.70. The van der Waals surface area contributed by atoms with Crippen molar-refractivity contribution in [2.75, 3.05) is 4.90 Å². The number of para-hydroxylation sites is 2. The maximum atomic E-state index is 6.42. The highest BCUT2D eigenvalue weighted by Crippen LogP contribution is 2.46. The topological polar surface area (TPSA) is 21.3 Å². The molecule has 0 aliphatic heterocycles. The molecule has 0 bridgehead atoms.